The summed E-state index contributed by atoms with van der Waals surface area (Å²) in [4.78, 5) is 22.8. The van der Waals surface area contributed by atoms with Crippen LogP contribution in [0.4, 0.5) is 5.82 Å². The van der Waals surface area contributed by atoms with Crippen LogP contribution in [0.5, 0.6) is 0 Å². The Bertz CT molecular complexity index is 921. The van der Waals surface area contributed by atoms with E-state index in [1.54, 1.807) is 0 Å². The van der Waals surface area contributed by atoms with E-state index in [-0.39, 0.29) is 23.8 Å². The normalized spacial score (nSPS) is 10.4. The summed E-state index contributed by atoms with van der Waals surface area (Å²) in [6.07, 6.45) is 2.67. The third kappa shape index (κ3) is 4.09. The molecule has 0 saturated carbocycles. The number of H-pyrrole nitrogens is 1. The van der Waals surface area contributed by atoms with Gasteiger partial charge in [-0.05, 0) is 19.4 Å². The van der Waals surface area contributed by atoms with E-state index < -0.39 is 0 Å². The van der Waals surface area contributed by atoms with Crippen molar-refractivity contribution < 1.29 is 9.32 Å². The first kappa shape index (κ1) is 16.4. The van der Waals surface area contributed by atoms with Gasteiger partial charge in [-0.2, -0.15) is 10.2 Å². The molecule has 0 aliphatic carbocycles. The van der Waals surface area contributed by atoms with Gasteiger partial charge >= 0.3 is 0 Å². The molecule has 3 rings (SSSR count). The fourth-order valence-electron chi connectivity index (χ4n) is 2.33. The fraction of sp³-hybridized carbons (Fsp3) is 0.235. The predicted molar refractivity (Wildman–Crippen MR) is 89.3 cm³/mol. The molecule has 2 heterocycles. The Morgan fingerprint density at radius 2 is 2.32 bits per heavy atom. The number of hydrogen-bond acceptors (Lipinski definition) is 6. The van der Waals surface area contributed by atoms with Gasteiger partial charge in [0.25, 0.3) is 0 Å². The first-order chi connectivity index (χ1) is 12.2. The molecule has 0 bridgehead atoms. The van der Waals surface area contributed by atoms with Gasteiger partial charge in [-0.25, -0.2) is 4.98 Å². The molecule has 8 heteroatoms. The van der Waals surface area contributed by atoms with Crippen LogP contribution >= 0.6 is 0 Å². The fourth-order valence-corrected chi connectivity index (χ4v) is 2.33. The highest BCUT2D eigenvalue weighted by atomic mass is 16.5. The Morgan fingerprint density at radius 3 is 3.12 bits per heavy atom. The summed E-state index contributed by atoms with van der Waals surface area (Å²) in [7, 11) is 0. The van der Waals surface area contributed by atoms with E-state index in [0.29, 0.717) is 24.6 Å². The second kappa shape index (κ2) is 7.40. The average Bonchev–Trinajstić information content (AvgIpc) is 3.24. The number of nitriles is 1. The third-order valence-corrected chi connectivity index (χ3v) is 3.55. The maximum atomic E-state index is 11.9. The Kier molecular flexibility index (Phi) is 4.85. The number of nitrogens with zero attached hydrogens (tertiary/aromatic N) is 4. The quantitative estimate of drug-likeness (QED) is 0.714. The molecule has 0 radical (unpaired) electrons. The summed E-state index contributed by atoms with van der Waals surface area (Å²) in [5, 5.41) is 15.4. The molecule has 2 N–H and O–H groups in total. The van der Waals surface area contributed by atoms with Crippen LogP contribution in [0.3, 0.4) is 0 Å². The maximum absolute atomic E-state index is 11.9. The SMILES string of the molecule is Cc1cccc(-c2noc(CCCC(=O)Nc3nc[nH]c3C#N)n2)c1. The Balaban J connectivity index is 1.51. The average molecular weight is 336 g/mol. The van der Waals surface area contributed by atoms with Gasteiger partial charge in [0.05, 0.1) is 6.33 Å². The number of benzene rings is 1. The number of aromatic amines is 1. The summed E-state index contributed by atoms with van der Waals surface area (Å²) >= 11 is 0. The van der Waals surface area contributed by atoms with Crippen LogP contribution in [-0.2, 0) is 11.2 Å². The van der Waals surface area contributed by atoms with Gasteiger partial charge in [-0.3, -0.25) is 4.79 Å². The number of imidazole rings is 1. The summed E-state index contributed by atoms with van der Waals surface area (Å²) < 4.78 is 5.23. The van der Waals surface area contributed by atoms with Gasteiger partial charge in [-0.1, -0.05) is 28.9 Å². The van der Waals surface area contributed by atoms with E-state index in [4.69, 9.17) is 9.78 Å². The van der Waals surface area contributed by atoms with E-state index in [1.165, 1.54) is 6.33 Å². The summed E-state index contributed by atoms with van der Waals surface area (Å²) in [5.74, 6) is 1.05. The molecule has 0 spiro atoms. The maximum Gasteiger partial charge on any atom is 0.226 e. The Hall–Kier alpha value is -3.47. The molecule has 0 unspecified atom stereocenters. The molecule has 1 amide bonds. The first-order valence-corrected chi connectivity index (χ1v) is 7.78. The van der Waals surface area contributed by atoms with E-state index in [0.717, 1.165) is 11.1 Å². The third-order valence-electron chi connectivity index (χ3n) is 3.55. The summed E-state index contributed by atoms with van der Waals surface area (Å²) in [6.45, 7) is 2.00. The van der Waals surface area contributed by atoms with Crippen LogP contribution in [0.25, 0.3) is 11.4 Å². The van der Waals surface area contributed by atoms with E-state index >= 15 is 0 Å². The minimum absolute atomic E-state index is 0.220. The summed E-state index contributed by atoms with van der Waals surface area (Å²) in [6, 6.07) is 9.77. The molecular formula is C17H16N6O2. The molecule has 1 aromatic carbocycles. The number of nitrogens with one attached hydrogen (secondary N) is 2. The van der Waals surface area contributed by atoms with Gasteiger partial charge in [0, 0.05) is 18.4 Å². The van der Waals surface area contributed by atoms with Crippen molar-refractivity contribution in [3.05, 3.63) is 47.7 Å². The van der Waals surface area contributed by atoms with Crippen molar-refractivity contribution in [3.63, 3.8) is 0 Å². The lowest BCUT2D eigenvalue weighted by molar-refractivity contribution is -0.116. The molecule has 2 aromatic heterocycles. The van der Waals surface area contributed by atoms with Crippen molar-refractivity contribution >= 4 is 11.7 Å². The number of amides is 1. The minimum Gasteiger partial charge on any atom is -0.339 e. The Morgan fingerprint density at radius 1 is 1.44 bits per heavy atom. The zero-order valence-corrected chi connectivity index (χ0v) is 13.6. The molecule has 0 atom stereocenters. The highest BCUT2D eigenvalue weighted by Gasteiger charge is 2.11. The van der Waals surface area contributed by atoms with Crippen molar-refractivity contribution in [1.82, 2.24) is 20.1 Å². The second-order valence-corrected chi connectivity index (χ2v) is 5.52. The topological polar surface area (TPSA) is 120 Å². The number of aryl methyl sites for hydroxylation is 2. The van der Waals surface area contributed by atoms with Crippen LogP contribution in [0, 0.1) is 18.3 Å². The van der Waals surface area contributed by atoms with Gasteiger partial charge < -0.3 is 14.8 Å². The zero-order valence-electron chi connectivity index (χ0n) is 13.6. The largest absolute Gasteiger partial charge is 0.339 e. The Labute approximate surface area is 143 Å². The second-order valence-electron chi connectivity index (χ2n) is 5.52. The molecule has 0 saturated heterocycles. The molecule has 3 aromatic rings. The number of carbonyl (C=O) groups is 1. The predicted octanol–water partition coefficient (Wildman–Crippen LogP) is 2.60. The van der Waals surface area contributed by atoms with Crippen LogP contribution in [0.1, 0.15) is 30.0 Å². The van der Waals surface area contributed by atoms with E-state index in [9.17, 15) is 4.79 Å². The van der Waals surface area contributed by atoms with E-state index in [1.807, 2.05) is 37.3 Å². The zero-order chi connectivity index (χ0) is 17.6. The van der Waals surface area contributed by atoms with Crippen molar-refractivity contribution in [2.45, 2.75) is 26.2 Å². The monoisotopic (exact) mass is 336 g/mol. The standard InChI is InChI=1S/C17H16N6O2/c1-11-4-2-5-12(8-11)16-22-15(25-23-16)7-3-6-14(24)21-17-13(9-18)19-10-20-17/h2,4-5,8,10H,3,6-7H2,1H3,(H,19,20)(H,21,24). The summed E-state index contributed by atoms with van der Waals surface area (Å²) in [5.41, 5.74) is 2.25. The van der Waals surface area contributed by atoms with Crippen molar-refractivity contribution in [1.29, 1.82) is 5.26 Å². The van der Waals surface area contributed by atoms with Crippen LogP contribution in [-0.4, -0.2) is 26.0 Å². The highest BCUT2D eigenvalue weighted by Crippen LogP contribution is 2.17. The number of aromatic nitrogens is 4. The molecule has 126 valence electrons. The van der Waals surface area contributed by atoms with Crippen molar-refractivity contribution in [2.75, 3.05) is 5.32 Å². The van der Waals surface area contributed by atoms with Gasteiger partial charge in [-0.15, -0.1) is 0 Å². The highest BCUT2D eigenvalue weighted by molar-refractivity contribution is 5.90. The van der Waals surface area contributed by atoms with E-state index in [2.05, 4.69) is 25.4 Å². The van der Waals surface area contributed by atoms with Crippen LogP contribution in [0.15, 0.2) is 35.1 Å². The van der Waals surface area contributed by atoms with Gasteiger partial charge in [0.2, 0.25) is 17.6 Å². The lowest BCUT2D eigenvalue weighted by Crippen LogP contribution is -2.12. The van der Waals surface area contributed by atoms with Crippen molar-refractivity contribution in [3.8, 4) is 17.5 Å². The number of rotatable bonds is 6. The smallest absolute Gasteiger partial charge is 0.226 e. The molecular weight excluding hydrogens is 320 g/mol. The van der Waals surface area contributed by atoms with Crippen LogP contribution < -0.4 is 5.32 Å². The molecule has 8 nitrogen and oxygen atoms in total. The first-order valence-electron chi connectivity index (χ1n) is 7.78. The molecule has 25 heavy (non-hydrogen) atoms. The minimum atomic E-state index is -0.220. The number of carbonyl (C=O) groups excluding carboxylic acids is 1. The lowest BCUT2D eigenvalue weighted by atomic mass is 10.1. The van der Waals surface area contributed by atoms with Crippen molar-refractivity contribution in [2.24, 2.45) is 0 Å². The van der Waals surface area contributed by atoms with Gasteiger partial charge in [0.1, 0.15) is 6.07 Å². The van der Waals surface area contributed by atoms with Crippen LogP contribution in [0.2, 0.25) is 0 Å². The number of hydrogen-bond donors (Lipinski definition) is 2. The number of anilines is 1. The molecule has 0 aliphatic rings. The molecule has 0 aliphatic heterocycles. The lowest BCUT2D eigenvalue weighted by Gasteiger charge is -2.01. The molecule has 0 fully saturated rings. The van der Waals surface area contributed by atoms with Gasteiger partial charge in [0.15, 0.2) is 11.5 Å².